The van der Waals surface area contributed by atoms with Crippen LogP contribution in [0.5, 0.6) is 0 Å². The number of hydrogen-bond donors (Lipinski definition) is 1. The van der Waals surface area contributed by atoms with Crippen molar-refractivity contribution in [2.24, 2.45) is 0 Å². The zero-order chi connectivity index (χ0) is 15.3. The number of nitrogen functional groups attached to an aromatic ring is 1. The summed E-state index contributed by atoms with van der Waals surface area (Å²) in [4.78, 5) is 14.8. The van der Waals surface area contributed by atoms with Crippen LogP contribution in [0.25, 0.3) is 0 Å². The molecule has 0 saturated carbocycles. The van der Waals surface area contributed by atoms with E-state index in [1.54, 1.807) is 12.1 Å². The lowest BCUT2D eigenvalue weighted by atomic mass is 10.1. The van der Waals surface area contributed by atoms with Crippen molar-refractivity contribution in [1.29, 1.82) is 0 Å². The first kappa shape index (κ1) is 16.4. The summed E-state index contributed by atoms with van der Waals surface area (Å²) in [5, 5.41) is 10.8. The molecule has 0 heterocycles. The number of nitrogens with zero attached hydrogens (tertiary/aromatic N) is 3. The molecule has 0 aliphatic carbocycles. The van der Waals surface area contributed by atoms with Gasteiger partial charge in [-0.2, -0.15) is 0 Å². The number of anilines is 1. The van der Waals surface area contributed by atoms with Crippen molar-refractivity contribution in [3.63, 3.8) is 0 Å². The highest BCUT2D eigenvalue weighted by Gasteiger charge is 2.16. The SMILES string of the molecule is CCN(Cc1cc([N+](=O)[O-])ccc1N)C(C)CN(C)C. The van der Waals surface area contributed by atoms with E-state index in [2.05, 4.69) is 23.6 Å². The maximum absolute atomic E-state index is 10.8. The first-order valence-electron chi connectivity index (χ1n) is 6.76. The molecule has 112 valence electrons. The van der Waals surface area contributed by atoms with E-state index < -0.39 is 0 Å². The molecule has 0 aliphatic rings. The van der Waals surface area contributed by atoms with Crippen molar-refractivity contribution in [2.45, 2.75) is 26.4 Å². The molecule has 0 bridgehead atoms. The van der Waals surface area contributed by atoms with Gasteiger partial charge in [0.05, 0.1) is 4.92 Å². The second-order valence-corrected chi connectivity index (χ2v) is 5.31. The fraction of sp³-hybridized carbons (Fsp3) is 0.571. The van der Waals surface area contributed by atoms with Gasteiger partial charge in [-0.15, -0.1) is 0 Å². The average molecular weight is 280 g/mol. The summed E-state index contributed by atoms with van der Waals surface area (Å²) in [7, 11) is 4.07. The number of non-ortho nitro benzene ring substituents is 1. The molecule has 20 heavy (non-hydrogen) atoms. The Morgan fingerprint density at radius 3 is 2.55 bits per heavy atom. The van der Waals surface area contributed by atoms with Crippen molar-refractivity contribution >= 4 is 11.4 Å². The topological polar surface area (TPSA) is 75.6 Å². The number of benzene rings is 1. The van der Waals surface area contributed by atoms with Crippen LogP contribution in [0.4, 0.5) is 11.4 Å². The Morgan fingerprint density at radius 2 is 2.05 bits per heavy atom. The predicted octanol–water partition coefficient (Wildman–Crippen LogP) is 1.95. The molecule has 1 atom stereocenters. The third-order valence-electron chi connectivity index (χ3n) is 3.37. The summed E-state index contributed by atoms with van der Waals surface area (Å²) in [6.45, 7) is 6.66. The third kappa shape index (κ3) is 4.47. The van der Waals surface area contributed by atoms with Crippen molar-refractivity contribution < 1.29 is 4.92 Å². The van der Waals surface area contributed by atoms with Crippen molar-refractivity contribution in [3.05, 3.63) is 33.9 Å². The van der Waals surface area contributed by atoms with Crippen LogP contribution in [0.3, 0.4) is 0 Å². The second kappa shape index (κ2) is 7.21. The third-order valence-corrected chi connectivity index (χ3v) is 3.37. The Kier molecular flexibility index (Phi) is 5.91. The molecule has 0 spiro atoms. The summed E-state index contributed by atoms with van der Waals surface area (Å²) in [6.07, 6.45) is 0. The maximum atomic E-state index is 10.8. The molecule has 0 aliphatic heterocycles. The standard InChI is InChI=1S/C14H24N4O2/c1-5-17(11(2)9-16(3)4)10-12-8-13(18(19)20)6-7-14(12)15/h6-8,11H,5,9-10,15H2,1-4H3. The molecule has 0 saturated heterocycles. The lowest BCUT2D eigenvalue weighted by Gasteiger charge is -2.30. The zero-order valence-electron chi connectivity index (χ0n) is 12.7. The van der Waals surface area contributed by atoms with E-state index in [9.17, 15) is 10.1 Å². The number of nitro groups is 1. The lowest BCUT2D eigenvalue weighted by molar-refractivity contribution is -0.384. The minimum Gasteiger partial charge on any atom is -0.398 e. The predicted molar refractivity (Wildman–Crippen MR) is 81.6 cm³/mol. The van der Waals surface area contributed by atoms with Crippen LogP contribution in [-0.2, 0) is 6.54 Å². The van der Waals surface area contributed by atoms with E-state index in [4.69, 9.17) is 5.73 Å². The summed E-state index contributed by atoms with van der Waals surface area (Å²) < 4.78 is 0. The van der Waals surface area contributed by atoms with Crippen LogP contribution >= 0.6 is 0 Å². The maximum Gasteiger partial charge on any atom is 0.269 e. The minimum absolute atomic E-state index is 0.0884. The van der Waals surface area contributed by atoms with Gasteiger partial charge in [0.15, 0.2) is 0 Å². The van der Waals surface area contributed by atoms with Gasteiger partial charge < -0.3 is 10.6 Å². The number of nitro benzene ring substituents is 1. The normalized spacial score (nSPS) is 12.9. The van der Waals surface area contributed by atoms with Gasteiger partial charge in [0.25, 0.3) is 5.69 Å². The smallest absolute Gasteiger partial charge is 0.269 e. The quantitative estimate of drug-likeness (QED) is 0.469. The zero-order valence-corrected chi connectivity index (χ0v) is 12.7. The molecule has 6 heteroatoms. The van der Waals surface area contributed by atoms with Crippen LogP contribution in [0.1, 0.15) is 19.4 Å². The van der Waals surface area contributed by atoms with E-state index >= 15 is 0 Å². The van der Waals surface area contributed by atoms with Gasteiger partial charge in [-0.1, -0.05) is 6.92 Å². The Bertz CT molecular complexity index is 462. The molecule has 0 aromatic heterocycles. The van der Waals surface area contributed by atoms with E-state index in [0.717, 1.165) is 18.7 Å². The van der Waals surface area contributed by atoms with E-state index in [0.29, 0.717) is 18.3 Å². The summed E-state index contributed by atoms with van der Waals surface area (Å²) in [6, 6.07) is 4.98. The van der Waals surface area contributed by atoms with Crippen LogP contribution in [0.2, 0.25) is 0 Å². The van der Waals surface area contributed by atoms with Gasteiger partial charge in [-0.05, 0) is 39.2 Å². The van der Waals surface area contributed by atoms with Crippen LogP contribution in [0, 0.1) is 10.1 Å². The molecule has 0 amide bonds. The molecule has 1 aromatic rings. The molecule has 1 unspecified atom stereocenters. The fourth-order valence-electron chi connectivity index (χ4n) is 2.28. The number of hydrogen-bond acceptors (Lipinski definition) is 5. The molecule has 1 aromatic carbocycles. The largest absolute Gasteiger partial charge is 0.398 e. The van der Waals surface area contributed by atoms with Gasteiger partial charge in [0, 0.05) is 37.0 Å². The fourth-order valence-corrected chi connectivity index (χ4v) is 2.28. The van der Waals surface area contributed by atoms with Gasteiger partial charge in [0.1, 0.15) is 0 Å². The second-order valence-electron chi connectivity index (χ2n) is 5.31. The van der Waals surface area contributed by atoms with E-state index in [1.807, 2.05) is 14.1 Å². The summed E-state index contributed by atoms with van der Waals surface area (Å²) in [5.74, 6) is 0. The lowest BCUT2D eigenvalue weighted by Crippen LogP contribution is -2.39. The summed E-state index contributed by atoms with van der Waals surface area (Å²) in [5.41, 5.74) is 7.44. The van der Waals surface area contributed by atoms with Crippen molar-refractivity contribution in [2.75, 3.05) is 32.9 Å². The highest BCUT2D eigenvalue weighted by atomic mass is 16.6. The van der Waals surface area contributed by atoms with Gasteiger partial charge >= 0.3 is 0 Å². The highest BCUT2D eigenvalue weighted by molar-refractivity contribution is 5.52. The molecule has 0 fully saturated rings. The average Bonchev–Trinajstić information content (AvgIpc) is 2.36. The van der Waals surface area contributed by atoms with Gasteiger partial charge in [-0.3, -0.25) is 15.0 Å². The molecular formula is C14H24N4O2. The Morgan fingerprint density at radius 1 is 1.40 bits per heavy atom. The molecule has 1 rings (SSSR count). The van der Waals surface area contributed by atoms with Crippen molar-refractivity contribution in [3.8, 4) is 0 Å². The number of rotatable bonds is 7. The van der Waals surface area contributed by atoms with E-state index in [-0.39, 0.29) is 10.6 Å². The Hall–Kier alpha value is -1.66. The monoisotopic (exact) mass is 280 g/mol. The first-order chi connectivity index (χ1) is 9.35. The molecular weight excluding hydrogens is 256 g/mol. The number of likely N-dealkylation sites (N-methyl/N-ethyl adjacent to an activating group) is 2. The van der Waals surface area contributed by atoms with Crippen LogP contribution in [0.15, 0.2) is 18.2 Å². The van der Waals surface area contributed by atoms with Crippen molar-refractivity contribution in [1.82, 2.24) is 9.80 Å². The van der Waals surface area contributed by atoms with Crippen LogP contribution in [-0.4, -0.2) is 47.9 Å². The minimum atomic E-state index is -0.386. The Labute approximate surface area is 120 Å². The molecule has 0 radical (unpaired) electrons. The van der Waals surface area contributed by atoms with Crippen LogP contribution < -0.4 is 5.73 Å². The van der Waals surface area contributed by atoms with Gasteiger partial charge in [0.2, 0.25) is 0 Å². The number of nitrogens with two attached hydrogens (primary N) is 1. The van der Waals surface area contributed by atoms with Gasteiger partial charge in [-0.25, -0.2) is 0 Å². The van der Waals surface area contributed by atoms with E-state index in [1.165, 1.54) is 6.07 Å². The summed E-state index contributed by atoms with van der Waals surface area (Å²) >= 11 is 0. The molecule has 2 N–H and O–H groups in total. The Balaban J connectivity index is 2.89. The molecule has 6 nitrogen and oxygen atoms in total. The first-order valence-corrected chi connectivity index (χ1v) is 6.76. The highest BCUT2D eigenvalue weighted by Crippen LogP contribution is 2.22.